The molecule has 6 heteroatoms. The van der Waals surface area contributed by atoms with Gasteiger partial charge >= 0.3 is 0 Å². The number of aromatic nitrogens is 4. The molecule has 0 saturated carbocycles. The van der Waals surface area contributed by atoms with E-state index in [1.165, 1.54) is 0 Å². The Kier molecular flexibility index (Phi) is 2.78. The zero-order valence-electron chi connectivity index (χ0n) is 11.7. The molecule has 1 aliphatic heterocycles. The fourth-order valence-electron chi connectivity index (χ4n) is 3.18. The van der Waals surface area contributed by atoms with Crippen molar-refractivity contribution in [3.63, 3.8) is 0 Å². The van der Waals surface area contributed by atoms with Gasteiger partial charge in [0, 0.05) is 31.1 Å². The molecule has 21 heavy (non-hydrogen) atoms. The molecule has 4 rings (SSSR count). The van der Waals surface area contributed by atoms with Crippen molar-refractivity contribution in [3.05, 3.63) is 24.8 Å². The SMILES string of the molecule is N#CCC1CCN(n2cnc3cnc4[nH]ccc4c32)CC1. The van der Waals surface area contributed by atoms with Crippen molar-refractivity contribution in [2.45, 2.75) is 19.3 Å². The van der Waals surface area contributed by atoms with Crippen LogP contribution in [0.1, 0.15) is 19.3 Å². The van der Waals surface area contributed by atoms with Crippen LogP contribution in [0.3, 0.4) is 0 Å². The van der Waals surface area contributed by atoms with E-state index < -0.39 is 0 Å². The Hall–Kier alpha value is -2.55. The van der Waals surface area contributed by atoms with Crippen LogP contribution in [0.25, 0.3) is 22.1 Å². The van der Waals surface area contributed by atoms with E-state index >= 15 is 0 Å². The summed E-state index contributed by atoms with van der Waals surface area (Å²) in [5, 5.41) is 12.2. The van der Waals surface area contributed by atoms with Crippen molar-refractivity contribution in [1.29, 1.82) is 5.26 Å². The second kappa shape index (κ2) is 4.77. The van der Waals surface area contributed by atoms with Crippen LogP contribution in [0, 0.1) is 17.2 Å². The maximum atomic E-state index is 8.82. The highest BCUT2D eigenvalue weighted by molar-refractivity contribution is 6.01. The third-order valence-corrected chi connectivity index (χ3v) is 4.35. The number of imidazole rings is 1. The standard InChI is InChI=1S/C15H16N6/c16-5-1-11-3-7-20(8-4-11)21-10-19-13-9-18-15-12(14(13)21)2-6-17-15/h2,6,9-11H,1,3-4,7-8H2,(H,17,18). The lowest BCUT2D eigenvalue weighted by Gasteiger charge is -2.33. The molecule has 1 saturated heterocycles. The van der Waals surface area contributed by atoms with E-state index in [1.54, 1.807) is 0 Å². The number of piperidine rings is 1. The summed E-state index contributed by atoms with van der Waals surface area (Å²) in [6.45, 7) is 1.93. The van der Waals surface area contributed by atoms with E-state index in [0.29, 0.717) is 12.3 Å². The smallest absolute Gasteiger partial charge is 0.139 e. The minimum absolute atomic E-state index is 0.537. The molecule has 3 aromatic heterocycles. The second-order valence-electron chi connectivity index (χ2n) is 5.58. The van der Waals surface area contributed by atoms with Crippen molar-refractivity contribution >= 4 is 22.1 Å². The highest BCUT2D eigenvalue weighted by Crippen LogP contribution is 2.25. The number of hydrogen-bond donors (Lipinski definition) is 1. The van der Waals surface area contributed by atoms with E-state index in [9.17, 15) is 0 Å². The van der Waals surface area contributed by atoms with Crippen molar-refractivity contribution in [3.8, 4) is 6.07 Å². The van der Waals surface area contributed by atoms with Crippen LogP contribution >= 0.6 is 0 Å². The van der Waals surface area contributed by atoms with Crippen LogP contribution in [0.4, 0.5) is 0 Å². The lowest BCUT2D eigenvalue weighted by molar-refractivity contribution is 0.371. The van der Waals surface area contributed by atoms with Gasteiger partial charge in [0.15, 0.2) is 0 Å². The van der Waals surface area contributed by atoms with Gasteiger partial charge in [-0.05, 0) is 24.8 Å². The predicted octanol–water partition coefficient (Wildman–Crippen LogP) is 2.17. The molecule has 1 aliphatic rings. The Morgan fingerprint density at radius 1 is 1.33 bits per heavy atom. The average molecular weight is 280 g/mol. The number of nitriles is 1. The number of nitrogens with one attached hydrogen (secondary N) is 1. The molecular weight excluding hydrogens is 264 g/mol. The molecule has 0 atom stereocenters. The molecule has 4 heterocycles. The first-order valence-corrected chi connectivity index (χ1v) is 7.28. The molecule has 0 amide bonds. The molecule has 1 N–H and O–H groups in total. The first kappa shape index (κ1) is 12.2. The molecule has 0 aliphatic carbocycles. The fourth-order valence-corrected chi connectivity index (χ4v) is 3.18. The summed E-state index contributed by atoms with van der Waals surface area (Å²) in [4.78, 5) is 12.0. The first-order valence-electron chi connectivity index (χ1n) is 7.28. The molecular formula is C15H16N6. The first-order chi connectivity index (χ1) is 10.4. The number of hydrogen-bond acceptors (Lipinski definition) is 4. The van der Waals surface area contributed by atoms with Gasteiger partial charge in [0.25, 0.3) is 0 Å². The summed E-state index contributed by atoms with van der Waals surface area (Å²) < 4.78 is 2.15. The van der Waals surface area contributed by atoms with Gasteiger partial charge in [0.2, 0.25) is 0 Å². The van der Waals surface area contributed by atoms with Crippen molar-refractivity contribution in [2.75, 3.05) is 18.1 Å². The highest BCUT2D eigenvalue weighted by Gasteiger charge is 2.21. The van der Waals surface area contributed by atoms with Crippen molar-refractivity contribution < 1.29 is 0 Å². The highest BCUT2D eigenvalue weighted by atomic mass is 15.6. The van der Waals surface area contributed by atoms with E-state index in [2.05, 4.69) is 30.7 Å². The Morgan fingerprint density at radius 2 is 2.19 bits per heavy atom. The molecule has 6 nitrogen and oxygen atoms in total. The summed E-state index contributed by atoms with van der Waals surface area (Å²) in [6, 6.07) is 4.33. The summed E-state index contributed by atoms with van der Waals surface area (Å²) >= 11 is 0. The second-order valence-corrected chi connectivity index (χ2v) is 5.58. The lowest BCUT2D eigenvalue weighted by atomic mass is 9.95. The number of aromatic amines is 1. The molecule has 1 fully saturated rings. The van der Waals surface area contributed by atoms with Gasteiger partial charge in [0.05, 0.1) is 12.3 Å². The number of rotatable bonds is 2. The summed E-state index contributed by atoms with van der Waals surface area (Å²) in [5.74, 6) is 0.537. The third kappa shape index (κ3) is 1.93. The lowest BCUT2D eigenvalue weighted by Crippen LogP contribution is -2.41. The Labute approximate surface area is 122 Å². The topological polar surface area (TPSA) is 73.5 Å². The van der Waals surface area contributed by atoms with E-state index in [1.807, 2.05) is 24.8 Å². The zero-order valence-corrected chi connectivity index (χ0v) is 11.7. The molecule has 0 spiro atoms. The number of H-pyrrole nitrogens is 1. The van der Waals surface area contributed by atoms with Gasteiger partial charge in [-0.2, -0.15) is 5.26 Å². The Balaban J connectivity index is 1.71. The Morgan fingerprint density at radius 3 is 3.00 bits per heavy atom. The van der Waals surface area contributed by atoms with E-state index in [4.69, 9.17) is 5.26 Å². The fraction of sp³-hybridized carbons (Fsp3) is 0.400. The minimum Gasteiger partial charge on any atom is -0.346 e. The number of fused-ring (bicyclic) bond motifs is 3. The van der Waals surface area contributed by atoms with Gasteiger partial charge in [0.1, 0.15) is 23.0 Å². The third-order valence-electron chi connectivity index (χ3n) is 4.35. The van der Waals surface area contributed by atoms with Gasteiger partial charge in [-0.1, -0.05) is 0 Å². The van der Waals surface area contributed by atoms with E-state index in [-0.39, 0.29) is 0 Å². The monoisotopic (exact) mass is 280 g/mol. The number of pyridine rings is 1. The van der Waals surface area contributed by atoms with Crippen LogP contribution in [-0.2, 0) is 0 Å². The van der Waals surface area contributed by atoms with E-state index in [0.717, 1.165) is 48.0 Å². The maximum absolute atomic E-state index is 8.82. The van der Waals surface area contributed by atoms with Gasteiger partial charge in [-0.25, -0.2) is 14.6 Å². The number of nitrogens with zero attached hydrogens (tertiary/aromatic N) is 5. The average Bonchev–Trinajstić information content (AvgIpc) is 3.14. The normalized spacial score (nSPS) is 16.6. The van der Waals surface area contributed by atoms with Gasteiger partial charge in [-0.3, -0.25) is 0 Å². The summed E-state index contributed by atoms with van der Waals surface area (Å²) in [7, 11) is 0. The molecule has 0 radical (unpaired) electrons. The molecule has 3 aromatic rings. The van der Waals surface area contributed by atoms with Crippen LogP contribution in [0.5, 0.6) is 0 Å². The molecule has 0 aromatic carbocycles. The largest absolute Gasteiger partial charge is 0.346 e. The van der Waals surface area contributed by atoms with Crippen LogP contribution in [0.2, 0.25) is 0 Å². The van der Waals surface area contributed by atoms with Gasteiger partial charge in [-0.15, -0.1) is 0 Å². The van der Waals surface area contributed by atoms with Crippen LogP contribution in [-0.4, -0.2) is 32.7 Å². The molecule has 0 unspecified atom stereocenters. The molecule has 106 valence electrons. The summed E-state index contributed by atoms with van der Waals surface area (Å²) in [6.07, 6.45) is 8.40. The van der Waals surface area contributed by atoms with Crippen LogP contribution in [0.15, 0.2) is 24.8 Å². The predicted molar refractivity (Wildman–Crippen MR) is 80.3 cm³/mol. The van der Waals surface area contributed by atoms with Crippen LogP contribution < -0.4 is 5.01 Å². The van der Waals surface area contributed by atoms with Crippen molar-refractivity contribution in [2.24, 2.45) is 5.92 Å². The maximum Gasteiger partial charge on any atom is 0.139 e. The summed E-state index contributed by atoms with van der Waals surface area (Å²) in [5.41, 5.74) is 2.92. The zero-order chi connectivity index (χ0) is 14.2. The van der Waals surface area contributed by atoms with Gasteiger partial charge < -0.3 is 9.99 Å². The molecule has 0 bridgehead atoms. The quantitative estimate of drug-likeness (QED) is 0.780. The van der Waals surface area contributed by atoms with Crippen molar-refractivity contribution in [1.82, 2.24) is 19.6 Å². The minimum atomic E-state index is 0.537. The Bertz CT molecular complexity index is 816.